The molecule has 6 heteroatoms. The Labute approximate surface area is 125 Å². The Morgan fingerprint density at radius 2 is 2.29 bits per heavy atom. The molecular weight excluding hydrogens is 270 g/mol. The predicted octanol–water partition coefficient (Wildman–Crippen LogP) is 1.02. The monoisotopic (exact) mass is 295 g/mol. The summed E-state index contributed by atoms with van der Waals surface area (Å²) in [4.78, 5) is 12.1. The SMILES string of the molecule is CO[C@@H]1CCCC[C@@H](NC(=O)CCn2nccc2C)[C@H]1O. The van der Waals surface area contributed by atoms with E-state index in [1.807, 2.05) is 13.0 Å². The van der Waals surface area contributed by atoms with Gasteiger partial charge in [-0.2, -0.15) is 5.10 Å². The van der Waals surface area contributed by atoms with Gasteiger partial charge in [0.1, 0.15) is 6.10 Å². The molecule has 1 aliphatic carbocycles. The minimum atomic E-state index is -0.632. The van der Waals surface area contributed by atoms with E-state index in [0.717, 1.165) is 31.4 Å². The van der Waals surface area contributed by atoms with E-state index >= 15 is 0 Å². The zero-order chi connectivity index (χ0) is 15.2. The van der Waals surface area contributed by atoms with Gasteiger partial charge in [0, 0.05) is 32.0 Å². The molecule has 1 amide bonds. The first-order valence-electron chi connectivity index (χ1n) is 7.60. The number of aliphatic hydroxyl groups is 1. The molecule has 0 radical (unpaired) electrons. The van der Waals surface area contributed by atoms with Crippen LogP contribution in [-0.4, -0.2) is 46.2 Å². The molecule has 0 aliphatic heterocycles. The van der Waals surface area contributed by atoms with Gasteiger partial charge in [-0.1, -0.05) is 12.8 Å². The van der Waals surface area contributed by atoms with Crippen LogP contribution in [0.2, 0.25) is 0 Å². The number of carbonyl (C=O) groups excluding carboxylic acids is 1. The number of aryl methyl sites for hydroxylation is 2. The van der Waals surface area contributed by atoms with Crippen LogP contribution < -0.4 is 5.32 Å². The van der Waals surface area contributed by atoms with Crippen molar-refractivity contribution in [3.63, 3.8) is 0 Å². The third-order valence-electron chi connectivity index (χ3n) is 4.18. The predicted molar refractivity (Wildman–Crippen MR) is 78.8 cm³/mol. The Balaban J connectivity index is 1.84. The Morgan fingerprint density at radius 3 is 2.95 bits per heavy atom. The first-order chi connectivity index (χ1) is 10.1. The lowest BCUT2D eigenvalue weighted by atomic mass is 10.0. The molecular formula is C15H25N3O3. The molecule has 2 N–H and O–H groups in total. The maximum Gasteiger partial charge on any atom is 0.222 e. The van der Waals surface area contributed by atoms with Gasteiger partial charge in [0.15, 0.2) is 0 Å². The standard InChI is InChI=1S/C15H25N3O3/c1-11-7-9-16-18(11)10-8-14(19)17-12-5-3-4-6-13(21-2)15(12)20/h7,9,12-13,15,20H,3-6,8,10H2,1-2H3,(H,17,19)/t12-,13-,15-/m1/s1. The van der Waals surface area contributed by atoms with Gasteiger partial charge in [-0.15, -0.1) is 0 Å². The van der Waals surface area contributed by atoms with Gasteiger partial charge in [0.2, 0.25) is 5.91 Å². The van der Waals surface area contributed by atoms with E-state index in [4.69, 9.17) is 4.74 Å². The second-order valence-electron chi connectivity index (χ2n) is 5.67. The van der Waals surface area contributed by atoms with Gasteiger partial charge in [-0.3, -0.25) is 9.48 Å². The molecule has 1 saturated carbocycles. The molecule has 1 aromatic heterocycles. The fourth-order valence-electron chi connectivity index (χ4n) is 2.84. The molecule has 0 spiro atoms. The zero-order valence-corrected chi connectivity index (χ0v) is 12.8. The number of aliphatic hydroxyl groups excluding tert-OH is 1. The average molecular weight is 295 g/mol. The van der Waals surface area contributed by atoms with Gasteiger partial charge in [-0.05, 0) is 25.8 Å². The molecule has 1 aliphatic rings. The number of methoxy groups -OCH3 is 1. The average Bonchev–Trinajstić information content (AvgIpc) is 2.80. The van der Waals surface area contributed by atoms with E-state index < -0.39 is 6.10 Å². The Morgan fingerprint density at radius 1 is 1.52 bits per heavy atom. The maximum atomic E-state index is 12.1. The van der Waals surface area contributed by atoms with Crippen molar-refractivity contribution >= 4 is 5.91 Å². The lowest BCUT2D eigenvalue weighted by molar-refractivity contribution is -0.124. The normalized spacial score (nSPS) is 26.3. The van der Waals surface area contributed by atoms with Gasteiger partial charge < -0.3 is 15.2 Å². The minimum Gasteiger partial charge on any atom is -0.388 e. The summed E-state index contributed by atoms with van der Waals surface area (Å²) in [5, 5.41) is 17.4. The summed E-state index contributed by atoms with van der Waals surface area (Å²) in [6.07, 6.45) is 4.94. The Bertz CT molecular complexity index is 461. The smallest absolute Gasteiger partial charge is 0.222 e. The highest BCUT2D eigenvalue weighted by Gasteiger charge is 2.30. The highest BCUT2D eigenvalue weighted by atomic mass is 16.5. The van der Waals surface area contributed by atoms with E-state index in [1.54, 1.807) is 18.0 Å². The summed E-state index contributed by atoms with van der Waals surface area (Å²) in [6, 6.07) is 1.69. The van der Waals surface area contributed by atoms with Crippen LogP contribution in [0.25, 0.3) is 0 Å². The van der Waals surface area contributed by atoms with E-state index in [9.17, 15) is 9.90 Å². The van der Waals surface area contributed by atoms with Crippen LogP contribution in [0.5, 0.6) is 0 Å². The summed E-state index contributed by atoms with van der Waals surface area (Å²) in [5.41, 5.74) is 1.04. The van der Waals surface area contributed by atoms with Crippen molar-refractivity contribution in [3.8, 4) is 0 Å². The van der Waals surface area contributed by atoms with Gasteiger partial charge in [0.05, 0.1) is 12.1 Å². The van der Waals surface area contributed by atoms with Gasteiger partial charge in [-0.25, -0.2) is 0 Å². The van der Waals surface area contributed by atoms with Crippen LogP contribution in [0.4, 0.5) is 0 Å². The largest absolute Gasteiger partial charge is 0.388 e. The molecule has 118 valence electrons. The van der Waals surface area contributed by atoms with Crippen molar-refractivity contribution in [2.75, 3.05) is 7.11 Å². The minimum absolute atomic E-state index is 0.0503. The van der Waals surface area contributed by atoms with E-state index in [0.29, 0.717) is 13.0 Å². The number of hydrogen-bond acceptors (Lipinski definition) is 4. The van der Waals surface area contributed by atoms with Crippen LogP contribution >= 0.6 is 0 Å². The van der Waals surface area contributed by atoms with Crippen LogP contribution in [-0.2, 0) is 16.1 Å². The third-order valence-corrected chi connectivity index (χ3v) is 4.18. The molecule has 0 saturated heterocycles. The third kappa shape index (κ3) is 4.28. The molecule has 0 bridgehead atoms. The molecule has 21 heavy (non-hydrogen) atoms. The lowest BCUT2D eigenvalue weighted by Crippen LogP contribution is -2.48. The van der Waals surface area contributed by atoms with Crippen LogP contribution in [0.3, 0.4) is 0 Å². The quantitative estimate of drug-likeness (QED) is 0.795. The Hall–Kier alpha value is -1.40. The number of rotatable bonds is 5. The van der Waals surface area contributed by atoms with Gasteiger partial charge >= 0.3 is 0 Å². The zero-order valence-electron chi connectivity index (χ0n) is 12.8. The molecule has 6 nitrogen and oxygen atoms in total. The molecule has 3 atom stereocenters. The number of ether oxygens (including phenoxy) is 1. The van der Waals surface area contributed by atoms with Crippen molar-refractivity contribution in [1.82, 2.24) is 15.1 Å². The van der Waals surface area contributed by atoms with Crippen LogP contribution in [0.1, 0.15) is 37.8 Å². The lowest BCUT2D eigenvalue weighted by Gasteiger charge is -2.27. The topological polar surface area (TPSA) is 76.4 Å². The van der Waals surface area contributed by atoms with E-state index in [1.165, 1.54) is 0 Å². The summed E-state index contributed by atoms with van der Waals surface area (Å²) in [7, 11) is 1.61. The van der Waals surface area contributed by atoms with E-state index in [2.05, 4.69) is 10.4 Å². The molecule has 1 fully saturated rings. The fraction of sp³-hybridized carbons (Fsp3) is 0.733. The highest BCUT2D eigenvalue weighted by molar-refractivity contribution is 5.76. The number of carbonyl (C=O) groups is 1. The first-order valence-corrected chi connectivity index (χ1v) is 7.60. The number of nitrogens with zero attached hydrogens (tertiary/aromatic N) is 2. The summed E-state index contributed by atoms with van der Waals surface area (Å²) >= 11 is 0. The number of nitrogens with one attached hydrogen (secondary N) is 1. The van der Waals surface area contributed by atoms with Crippen molar-refractivity contribution in [2.24, 2.45) is 0 Å². The molecule has 1 aromatic rings. The van der Waals surface area contributed by atoms with Crippen molar-refractivity contribution < 1.29 is 14.6 Å². The Kier molecular flexibility index (Phi) is 5.76. The number of hydrogen-bond donors (Lipinski definition) is 2. The second kappa shape index (κ2) is 7.56. The number of aromatic nitrogens is 2. The molecule has 0 unspecified atom stereocenters. The fourth-order valence-corrected chi connectivity index (χ4v) is 2.84. The highest BCUT2D eigenvalue weighted by Crippen LogP contribution is 2.21. The number of amides is 1. The first kappa shape index (κ1) is 16.0. The van der Waals surface area contributed by atoms with Crippen molar-refractivity contribution in [2.45, 2.75) is 63.8 Å². The second-order valence-corrected chi connectivity index (χ2v) is 5.67. The van der Waals surface area contributed by atoms with Crippen molar-refractivity contribution in [1.29, 1.82) is 0 Å². The molecule has 1 heterocycles. The summed E-state index contributed by atoms with van der Waals surface area (Å²) in [5.74, 6) is -0.0503. The summed E-state index contributed by atoms with van der Waals surface area (Å²) in [6.45, 7) is 2.52. The maximum absolute atomic E-state index is 12.1. The molecule has 0 aromatic carbocycles. The van der Waals surface area contributed by atoms with Crippen LogP contribution in [0, 0.1) is 6.92 Å². The van der Waals surface area contributed by atoms with Gasteiger partial charge in [0.25, 0.3) is 0 Å². The van der Waals surface area contributed by atoms with Crippen molar-refractivity contribution in [3.05, 3.63) is 18.0 Å². The van der Waals surface area contributed by atoms with Crippen LogP contribution in [0.15, 0.2) is 12.3 Å². The molecule has 2 rings (SSSR count). The van der Waals surface area contributed by atoms with E-state index in [-0.39, 0.29) is 18.1 Å². The summed E-state index contributed by atoms with van der Waals surface area (Å²) < 4.78 is 7.12.